The zero-order valence-corrected chi connectivity index (χ0v) is 19.2. The lowest BCUT2D eigenvalue weighted by Crippen LogP contribution is -2.20. The lowest BCUT2D eigenvalue weighted by atomic mass is 10.2. The monoisotopic (exact) mass is 434 g/mol. The van der Waals surface area contributed by atoms with Gasteiger partial charge < -0.3 is 9.47 Å². The van der Waals surface area contributed by atoms with Gasteiger partial charge >= 0.3 is 11.9 Å². The highest BCUT2D eigenvalue weighted by atomic mass is 16.7. The zero-order chi connectivity index (χ0) is 23.4. The summed E-state index contributed by atoms with van der Waals surface area (Å²) in [4.78, 5) is 24.2. The third kappa shape index (κ3) is 13.0. The number of benzene rings is 1. The number of hydrogen-bond acceptors (Lipinski definition) is 4. The quantitative estimate of drug-likeness (QED) is 0.191. The molecule has 170 valence electrons. The SMILES string of the molecule is CC/C=C/C=CC=CC=CC=CC=CCCC(=O)OC(OC(=O)C(C)C)c1ccccc1. The first kappa shape index (κ1) is 26.6. The predicted molar refractivity (Wildman–Crippen MR) is 131 cm³/mol. The number of allylic oxidation sites excluding steroid dienone is 12. The van der Waals surface area contributed by atoms with Crippen LogP contribution in [0.3, 0.4) is 0 Å². The summed E-state index contributed by atoms with van der Waals surface area (Å²) in [7, 11) is 0. The van der Waals surface area contributed by atoms with Gasteiger partial charge in [0.05, 0.1) is 5.92 Å². The van der Waals surface area contributed by atoms with E-state index < -0.39 is 18.2 Å². The van der Waals surface area contributed by atoms with Crippen LogP contribution in [0.4, 0.5) is 0 Å². The Morgan fingerprint density at radius 3 is 1.84 bits per heavy atom. The van der Waals surface area contributed by atoms with Gasteiger partial charge in [0.1, 0.15) is 0 Å². The first-order chi connectivity index (χ1) is 15.5. The summed E-state index contributed by atoms with van der Waals surface area (Å²) in [5.74, 6) is -1.14. The van der Waals surface area contributed by atoms with Crippen molar-refractivity contribution < 1.29 is 19.1 Å². The zero-order valence-electron chi connectivity index (χ0n) is 19.2. The standard InChI is InChI=1S/C28H34O4/c1-4-5-6-7-8-9-10-11-12-13-14-15-16-20-23-26(29)31-28(32-27(30)24(2)3)25-21-18-17-19-22-25/h5-19,21-22,24,28H,4,20,23H2,1-3H3/b6-5+,8-7?,10-9?,12-11?,14-13?,16-15?. The Hall–Kier alpha value is -3.40. The van der Waals surface area contributed by atoms with E-state index in [9.17, 15) is 9.59 Å². The minimum absolute atomic E-state index is 0.199. The number of hydrogen-bond donors (Lipinski definition) is 0. The van der Waals surface area contributed by atoms with Crippen LogP contribution in [0.5, 0.6) is 0 Å². The van der Waals surface area contributed by atoms with Crippen molar-refractivity contribution >= 4 is 11.9 Å². The van der Waals surface area contributed by atoms with E-state index >= 15 is 0 Å². The molecule has 0 spiro atoms. The fourth-order valence-electron chi connectivity index (χ4n) is 2.29. The number of ether oxygens (including phenoxy) is 2. The summed E-state index contributed by atoms with van der Waals surface area (Å²) >= 11 is 0. The van der Waals surface area contributed by atoms with Crippen molar-refractivity contribution in [3.63, 3.8) is 0 Å². The van der Waals surface area contributed by atoms with Crippen LogP contribution in [-0.4, -0.2) is 11.9 Å². The summed E-state index contributed by atoms with van der Waals surface area (Å²) in [6.07, 6.45) is 24.2. The molecular weight excluding hydrogens is 400 g/mol. The molecule has 0 N–H and O–H groups in total. The fourth-order valence-corrected chi connectivity index (χ4v) is 2.29. The van der Waals surface area contributed by atoms with Gasteiger partial charge in [-0.2, -0.15) is 0 Å². The second-order valence-corrected chi connectivity index (χ2v) is 7.17. The van der Waals surface area contributed by atoms with Crippen LogP contribution < -0.4 is 0 Å². The van der Waals surface area contributed by atoms with E-state index in [-0.39, 0.29) is 12.3 Å². The van der Waals surface area contributed by atoms with Gasteiger partial charge in [0.15, 0.2) is 0 Å². The van der Waals surface area contributed by atoms with Gasteiger partial charge in [0, 0.05) is 12.0 Å². The molecule has 4 heteroatoms. The number of carbonyl (C=O) groups is 2. The lowest BCUT2D eigenvalue weighted by molar-refractivity contribution is -0.192. The second-order valence-electron chi connectivity index (χ2n) is 7.17. The minimum Gasteiger partial charge on any atom is -0.421 e. The molecule has 4 nitrogen and oxygen atoms in total. The summed E-state index contributed by atoms with van der Waals surface area (Å²) < 4.78 is 10.8. The largest absolute Gasteiger partial charge is 0.421 e. The molecule has 0 aliphatic rings. The first-order valence-corrected chi connectivity index (χ1v) is 11.0. The predicted octanol–water partition coefficient (Wildman–Crippen LogP) is 6.96. The molecule has 0 aliphatic carbocycles. The van der Waals surface area contributed by atoms with Gasteiger partial charge in [0.25, 0.3) is 6.29 Å². The second kappa shape index (κ2) is 17.3. The van der Waals surface area contributed by atoms with E-state index in [1.165, 1.54) is 0 Å². The average Bonchev–Trinajstić information content (AvgIpc) is 2.79. The number of rotatable bonds is 13. The molecule has 0 radical (unpaired) electrons. The fraction of sp³-hybridized carbons (Fsp3) is 0.286. The third-order valence-electron chi connectivity index (χ3n) is 4.03. The van der Waals surface area contributed by atoms with E-state index in [0.717, 1.165) is 6.42 Å². The van der Waals surface area contributed by atoms with Gasteiger partial charge in [0.2, 0.25) is 0 Å². The maximum atomic E-state index is 12.2. The Kier molecular flexibility index (Phi) is 14.4. The molecule has 0 aromatic heterocycles. The van der Waals surface area contributed by atoms with Crippen molar-refractivity contribution in [3.8, 4) is 0 Å². The van der Waals surface area contributed by atoms with Gasteiger partial charge in [-0.15, -0.1) is 0 Å². The Morgan fingerprint density at radius 1 is 0.781 bits per heavy atom. The molecule has 32 heavy (non-hydrogen) atoms. The first-order valence-electron chi connectivity index (χ1n) is 11.0. The van der Waals surface area contributed by atoms with Gasteiger partial charge in [-0.05, 0) is 12.8 Å². The summed E-state index contributed by atoms with van der Waals surface area (Å²) in [6, 6.07) is 8.98. The number of esters is 2. The van der Waals surface area contributed by atoms with Crippen molar-refractivity contribution in [1.82, 2.24) is 0 Å². The van der Waals surface area contributed by atoms with E-state index in [0.29, 0.717) is 12.0 Å². The highest BCUT2D eigenvalue weighted by Gasteiger charge is 2.22. The third-order valence-corrected chi connectivity index (χ3v) is 4.03. The Labute approximate surface area is 192 Å². The van der Waals surface area contributed by atoms with Crippen molar-refractivity contribution in [2.45, 2.75) is 46.3 Å². The van der Waals surface area contributed by atoms with Crippen LogP contribution in [0.25, 0.3) is 0 Å². The van der Waals surface area contributed by atoms with E-state index in [2.05, 4.69) is 13.0 Å². The van der Waals surface area contributed by atoms with Crippen LogP contribution in [-0.2, 0) is 19.1 Å². The van der Waals surface area contributed by atoms with Gasteiger partial charge in [-0.1, -0.05) is 124 Å². The molecule has 0 saturated carbocycles. The molecule has 0 fully saturated rings. The summed E-state index contributed by atoms with van der Waals surface area (Å²) in [5.41, 5.74) is 0.627. The highest BCUT2D eigenvalue weighted by Crippen LogP contribution is 2.21. The Balaban J connectivity index is 2.40. The molecule has 1 aromatic carbocycles. The van der Waals surface area contributed by atoms with Crippen molar-refractivity contribution in [1.29, 1.82) is 0 Å². The number of carbonyl (C=O) groups excluding carboxylic acids is 2. The van der Waals surface area contributed by atoms with Crippen LogP contribution in [0.15, 0.2) is 103 Å². The van der Waals surface area contributed by atoms with Crippen molar-refractivity contribution in [2.24, 2.45) is 5.92 Å². The maximum Gasteiger partial charge on any atom is 0.311 e. The average molecular weight is 435 g/mol. The maximum absolute atomic E-state index is 12.2. The normalized spacial score (nSPS) is 13.5. The van der Waals surface area contributed by atoms with Crippen molar-refractivity contribution in [2.75, 3.05) is 0 Å². The highest BCUT2D eigenvalue weighted by molar-refractivity contribution is 5.73. The Morgan fingerprint density at radius 2 is 1.31 bits per heavy atom. The van der Waals surface area contributed by atoms with Crippen LogP contribution in [0, 0.1) is 5.92 Å². The molecule has 0 amide bonds. The molecule has 0 bridgehead atoms. The van der Waals surface area contributed by atoms with Crippen LogP contribution in [0.1, 0.15) is 51.9 Å². The van der Waals surface area contributed by atoms with E-state index in [1.54, 1.807) is 38.1 Å². The van der Waals surface area contributed by atoms with Crippen LogP contribution in [0.2, 0.25) is 0 Å². The van der Waals surface area contributed by atoms with Gasteiger partial charge in [-0.3, -0.25) is 9.59 Å². The molecule has 1 unspecified atom stereocenters. The molecule has 1 aromatic rings. The molecule has 0 aliphatic heterocycles. The van der Waals surface area contributed by atoms with E-state index in [4.69, 9.17) is 9.47 Å². The molecule has 0 saturated heterocycles. The summed E-state index contributed by atoms with van der Waals surface area (Å²) in [5, 5.41) is 0. The topological polar surface area (TPSA) is 52.6 Å². The lowest BCUT2D eigenvalue weighted by Gasteiger charge is -2.19. The van der Waals surface area contributed by atoms with Crippen LogP contribution >= 0.6 is 0 Å². The molecule has 1 atom stereocenters. The Bertz CT molecular complexity index is 839. The van der Waals surface area contributed by atoms with E-state index in [1.807, 2.05) is 72.9 Å². The molecule has 1 rings (SSSR count). The minimum atomic E-state index is -1.03. The summed E-state index contributed by atoms with van der Waals surface area (Å²) in [6.45, 7) is 5.57. The molecule has 0 heterocycles. The molecular formula is C28H34O4. The smallest absolute Gasteiger partial charge is 0.311 e. The van der Waals surface area contributed by atoms with Gasteiger partial charge in [-0.25, -0.2) is 0 Å². The van der Waals surface area contributed by atoms with Crippen molar-refractivity contribution in [3.05, 3.63) is 109 Å².